The summed E-state index contributed by atoms with van der Waals surface area (Å²) >= 11 is 0. The van der Waals surface area contributed by atoms with Gasteiger partial charge in [0.25, 0.3) is 6.71 Å². The van der Waals surface area contributed by atoms with Crippen molar-refractivity contribution in [2.24, 2.45) is 0 Å². The summed E-state index contributed by atoms with van der Waals surface area (Å²) in [7, 11) is 0. The zero-order valence-corrected chi connectivity index (χ0v) is 44.6. The predicted octanol–water partition coefficient (Wildman–Crippen LogP) is 17.9. The Morgan fingerprint density at radius 3 is 1.27 bits per heavy atom. The van der Waals surface area contributed by atoms with Crippen molar-refractivity contribution in [1.82, 2.24) is 0 Å². The van der Waals surface area contributed by atoms with Gasteiger partial charge in [-0.3, -0.25) is 0 Å². The Labute approximate surface area is 436 Å². The fourth-order valence-corrected chi connectivity index (χ4v) is 12.0. The van der Waals surface area contributed by atoms with Crippen LogP contribution in [-0.2, 0) is 16.2 Å². The molecule has 2 aliphatic rings. The third-order valence-electron chi connectivity index (χ3n) is 16.1. The molecule has 0 spiro atoms. The van der Waals surface area contributed by atoms with Crippen LogP contribution in [0.1, 0.15) is 104 Å². The third kappa shape index (κ3) is 7.25. The summed E-state index contributed by atoms with van der Waals surface area (Å²) in [5.74, 6) is 0.343. The standard InChI is InChI=1S/C69H63BN2O2/c1-41(2)44-33-45(67(3,4)5)38-48(34-44)71-56-31-29-42(50-21-16-27-62-64(50)52-19-12-14-25-60(52)73-62)35-54(56)70-55-36-43(51-22-17-28-63-65(51)53-20-13-15-26-61(53)74-63)30-32-57(55)72(59-24-18-23-58(71)66(59)70)49-39-46(68(6,7)8)37-47(40-49)69(9,10)11/h12-41H,1-11H3. The smallest absolute Gasteiger partial charge is 0.252 e. The molecular formula is C69H63BN2O2. The molecule has 0 atom stereocenters. The zero-order chi connectivity index (χ0) is 51.2. The normalized spacial score (nSPS) is 13.6. The van der Waals surface area contributed by atoms with Crippen molar-refractivity contribution in [2.45, 2.75) is 98.3 Å². The van der Waals surface area contributed by atoms with Crippen LogP contribution in [0.15, 0.2) is 185 Å². The summed E-state index contributed by atoms with van der Waals surface area (Å²) in [6, 6.07) is 66.1. The fourth-order valence-electron chi connectivity index (χ4n) is 12.0. The number of furan rings is 2. The van der Waals surface area contributed by atoms with Gasteiger partial charge in [-0.25, -0.2) is 0 Å². The number of nitrogens with zero attached hydrogens (tertiary/aromatic N) is 2. The van der Waals surface area contributed by atoms with E-state index in [0.717, 1.165) is 66.1 Å². The molecule has 0 unspecified atom stereocenters. The van der Waals surface area contributed by atoms with Crippen molar-refractivity contribution in [2.75, 3.05) is 9.80 Å². The fraction of sp³-hybridized carbons (Fsp3) is 0.217. The summed E-state index contributed by atoms with van der Waals surface area (Å²) in [6.45, 7) is 25.6. The first kappa shape index (κ1) is 46.1. The highest BCUT2D eigenvalue weighted by atomic mass is 16.3. The van der Waals surface area contributed by atoms with E-state index in [1.807, 2.05) is 0 Å². The number of anilines is 6. The average molecular weight is 963 g/mol. The van der Waals surface area contributed by atoms with Crippen molar-refractivity contribution in [3.8, 4) is 22.3 Å². The van der Waals surface area contributed by atoms with Crippen molar-refractivity contribution in [1.29, 1.82) is 0 Å². The number of fused-ring (bicyclic) bond motifs is 10. The zero-order valence-electron chi connectivity index (χ0n) is 44.6. The van der Waals surface area contributed by atoms with Gasteiger partial charge in [0.2, 0.25) is 0 Å². The second-order valence-corrected chi connectivity index (χ2v) is 24.4. The molecule has 0 saturated heterocycles. The van der Waals surface area contributed by atoms with E-state index in [2.05, 4.69) is 262 Å². The van der Waals surface area contributed by atoms with Crippen LogP contribution in [0.5, 0.6) is 0 Å². The Balaban J connectivity index is 1.15. The molecule has 0 amide bonds. The van der Waals surface area contributed by atoms with Crippen LogP contribution in [0, 0.1) is 0 Å². The maximum absolute atomic E-state index is 6.53. The molecule has 0 saturated carbocycles. The van der Waals surface area contributed by atoms with Crippen LogP contribution >= 0.6 is 0 Å². The first-order chi connectivity index (χ1) is 35.4. The lowest BCUT2D eigenvalue weighted by Gasteiger charge is -2.45. The van der Waals surface area contributed by atoms with Crippen LogP contribution in [0.25, 0.3) is 66.1 Å². The lowest BCUT2D eigenvalue weighted by Crippen LogP contribution is -2.61. The number of para-hydroxylation sites is 2. The molecule has 74 heavy (non-hydrogen) atoms. The summed E-state index contributed by atoms with van der Waals surface area (Å²) in [6.07, 6.45) is 0. The summed E-state index contributed by atoms with van der Waals surface area (Å²) in [4.78, 5) is 5.17. The van der Waals surface area contributed by atoms with Gasteiger partial charge in [0.05, 0.1) is 0 Å². The van der Waals surface area contributed by atoms with Crippen LogP contribution in [0.2, 0.25) is 0 Å². The van der Waals surface area contributed by atoms with Gasteiger partial charge in [-0.1, -0.05) is 179 Å². The topological polar surface area (TPSA) is 32.8 Å². The molecule has 0 radical (unpaired) electrons. The molecule has 2 aliphatic heterocycles. The van der Waals surface area contributed by atoms with Crippen molar-refractivity contribution in [3.05, 3.63) is 198 Å². The highest BCUT2D eigenvalue weighted by Crippen LogP contribution is 2.49. The Morgan fingerprint density at radius 2 is 0.811 bits per heavy atom. The van der Waals surface area contributed by atoms with E-state index < -0.39 is 0 Å². The van der Waals surface area contributed by atoms with Crippen molar-refractivity contribution >= 4 is 101 Å². The van der Waals surface area contributed by atoms with E-state index in [0.29, 0.717) is 5.92 Å². The van der Waals surface area contributed by atoms with E-state index in [9.17, 15) is 0 Å². The van der Waals surface area contributed by atoms with Gasteiger partial charge in [-0.05, 0) is 156 Å². The lowest BCUT2D eigenvalue weighted by molar-refractivity contribution is 0.569. The molecule has 0 bridgehead atoms. The molecule has 5 heteroatoms. The first-order valence-electron chi connectivity index (χ1n) is 26.5. The molecule has 4 heterocycles. The minimum atomic E-state index is -0.123. The Bertz CT molecular complexity index is 4060. The molecule has 11 aromatic rings. The maximum atomic E-state index is 6.53. The van der Waals surface area contributed by atoms with Crippen LogP contribution in [-0.4, -0.2) is 6.71 Å². The number of benzene rings is 9. The van der Waals surface area contributed by atoms with Gasteiger partial charge in [0, 0.05) is 55.7 Å². The van der Waals surface area contributed by atoms with Gasteiger partial charge in [-0.15, -0.1) is 0 Å². The van der Waals surface area contributed by atoms with Gasteiger partial charge in [-0.2, -0.15) is 0 Å². The Kier molecular flexibility index (Phi) is 10.2. The van der Waals surface area contributed by atoms with E-state index in [-0.39, 0.29) is 23.0 Å². The molecule has 9 aromatic carbocycles. The molecule has 4 nitrogen and oxygen atoms in total. The summed E-state index contributed by atoms with van der Waals surface area (Å²) in [5.41, 5.74) is 24.3. The largest absolute Gasteiger partial charge is 0.456 e. The Hall–Kier alpha value is -7.76. The molecule has 0 fully saturated rings. The van der Waals surface area contributed by atoms with Crippen LogP contribution < -0.4 is 26.2 Å². The van der Waals surface area contributed by atoms with Gasteiger partial charge < -0.3 is 18.6 Å². The van der Waals surface area contributed by atoms with E-state index in [1.165, 1.54) is 72.8 Å². The molecule has 364 valence electrons. The lowest BCUT2D eigenvalue weighted by atomic mass is 9.33. The van der Waals surface area contributed by atoms with Gasteiger partial charge >= 0.3 is 0 Å². The molecule has 2 aromatic heterocycles. The number of hydrogen-bond donors (Lipinski definition) is 0. The summed E-state index contributed by atoms with van der Waals surface area (Å²) < 4.78 is 13.1. The minimum absolute atomic E-state index is 0.0645. The SMILES string of the molecule is CC(C)c1cc(N2c3ccc(-c4cccc5oc6ccccc6c45)cc3B3c4cc(-c5cccc6oc7ccccc7c56)ccc4N(c4cc(C(C)(C)C)cc(C(C)(C)C)c4)c4cccc2c43)cc(C(C)(C)C)c1. The third-order valence-corrected chi connectivity index (χ3v) is 16.1. The van der Waals surface area contributed by atoms with E-state index >= 15 is 0 Å². The number of hydrogen-bond acceptors (Lipinski definition) is 4. The monoisotopic (exact) mass is 962 g/mol. The second-order valence-electron chi connectivity index (χ2n) is 24.4. The highest BCUT2D eigenvalue weighted by Gasteiger charge is 2.44. The minimum Gasteiger partial charge on any atom is -0.456 e. The second kappa shape index (κ2) is 16.4. The highest BCUT2D eigenvalue weighted by molar-refractivity contribution is 7.00. The van der Waals surface area contributed by atoms with Gasteiger partial charge in [0.15, 0.2) is 0 Å². The summed E-state index contributed by atoms with van der Waals surface area (Å²) in [5, 5.41) is 4.53. The molecule has 13 rings (SSSR count). The molecular weight excluding hydrogens is 900 g/mol. The predicted molar refractivity (Wildman–Crippen MR) is 316 cm³/mol. The molecule has 0 aliphatic carbocycles. The Morgan fingerprint density at radius 1 is 0.392 bits per heavy atom. The molecule has 0 N–H and O–H groups in total. The van der Waals surface area contributed by atoms with Crippen molar-refractivity contribution in [3.63, 3.8) is 0 Å². The van der Waals surface area contributed by atoms with E-state index in [1.54, 1.807) is 0 Å². The van der Waals surface area contributed by atoms with Crippen LogP contribution in [0.3, 0.4) is 0 Å². The number of rotatable bonds is 5. The first-order valence-corrected chi connectivity index (χ1v) is 26.5. The van der Waals surface area contributed by atoms with Gasteiger partial charge in [0.1, 0.15) is 22.3 Å². The van der Waals surface area contributed by atoms with E-state index in [4.69, 9.17) is 8.83 Å². The van der Waals surface area contributed by atoms with Crippen LogP contribution in [0.4, 0.5) is 34.1 Å². The van der Waals surface area contributed by atoms with Crippen molar-refractivity contribution < 1.29 is 8.83 Å². The quantitative estimate of drug-likeness (QED) is 0.161. The maximum Gasteiger partial charge on any atom is 0.252 e. The average Bonchev–Trinajstić information content (AvgIpc) is 3.96.